The number of halogens is 3. The summed E-state index contributed by atoms with van der Waals surface area (Å²) in [5.41, 5.74) is 0.397. The van der Waals surface area contributed by atoms with Crippen LogP contribution in [0.1, 0.15) is 30.6 Å². The Hall–Kier alpha value is -1.52. The zero-order valence-electron chi connectivity index (χ0n) is 9.54. The van der Waals surface area contributed by atoms with Gasteiger partial charge in [-0.15, -0.1) is 13.2 Å². The molecule has 5 heteroatoms. The van der Waals surface area contributed by atoms with E-state index in [1.807, 2.05) is 6.92 Å². The average molecular weight is 246 g/mol. The summed E-state index contributed by atoms with van der Waals surface area (Å²) in [4.78, 5) is 11.7. The standard InChI is InChI=1S/C12H13F3O2/c1-3-8(2)11(16)9-4-6-10(7-5-9)17-12(13,14)15/h4-8H,3H2,1-2H3. The number of carbonyl (C=O) groups excluding carboxylic acids is 1. The van der Waals surface area contributed by atoms with Gasteiger partial charge in [0.15, 0.2) is 5.78 Å². The van der Waals surface area contributed by atoms with E-state index in [4.69, 9.17) is 0 Å². The number of benzene rings is 1. The molecule has 1 atom stereocenters. The van der Waals surface area contributed by atoms with Gasteiger partial charge in [-0.2, -0.15) is 0 Å². The molecule has 0 radical (unpaired) electrons. The zero-order valence-corrected chi connectivity index (χ0v) is 9.54. The molecule has 1 aromatic rings. The predicted molar refractivity (Wildman–Crippen MR) is 56.9 cm³/mol. The van der Waals surface area contributed by atoms with Gasteiger partial charge in [0.25, 0.3) is 0 Å². The Labute approximate surface area is 97.4 Å². The Bertz CT molecular complexity index is 382. The average Bonchev–Trinajstić information content (AvgIpc) is 2.26. The number of ether oxygens (including phenoxy) is 1. The number of rotatable bonds is 4. The highest BCUT2D eigenvalue weighted by atomic mass is 19.4. The Morgan fingerprint density at radius 3 is 2.24 bits per heavy atom. The van der Waals surface area contributed by atoms with Crippen molar-refractivity contribution in [1.82, 2.24) is 0 Å². The summed E-state index contributed by atoms with van der Waals surface area (Å²) in [5, 5.41) is 0. The fraction of sp³-hybridized carbons (Fsp3) is 0.417. The minimum absolute atomic E-state index is 0.0777. The maximum absolute atomic E-state index is 11.9. The molecule has 0 aliphatic carbocycles. The highest BCUT2D eigenvalue weighted by Crippen LogP contribution is 2.23. The van der Waals surface area contributed by atoms with Crippen LogP contribution in [-0.2, 0) is 0 Å². The molecular weight excluding hydrogens is 233 g/mol. The Morgan fingerprint density at radius 1 is 1.29 bits per heavy atom. The Balaban J connectivity index is 2.78. The minimum atomic E-state index is -4.71. The van der Waals surface area contributed by atoms with Crippen molar-refractivity contribution in [3.05, 3.63) is 29.8 Å². The van der Waals surface area contributed by atoms with E-state index >= 15 is 0 Å². The van der Waals surface area contributed by atoms with Crippen LogP contribution in [-0.4, -0.2) is 12.1 Å². The summed E-state index contributed by atoms with van der Waals surface area (Å²) in [6.07, 6.45) is -4.01. The minimum Gasteiger partial charge on any atom is -0.406 e. The van der Waals surface area contributed by atoms with E-state index < -0.39 is 6.36 Å². The van der Waals surface area contributed by atoms with Crippen molar-refractivity contribution in [3.8, 4) is 5.75 Å². The third-order valence-electron chi connectivity index (χ3n) is 2.43. The lowest BCUT2D eigenvalue weighted by atomic mass is 9.97. The summed E-state index contributed by atoms with van der Waals surface area (Å²) >= 11 is 0. The van der Waals surface area contributed by atoms with Gasteiger partial charge in [0.1, 0.15) is 5.75 Å². The van der Waals surface area contributed by atoms with Crippen LogP contribution in [0.2, 0.25) is 0 Å². The smallest absolute Gasteiger partial charge is 0.406 e. The van der Waals surface area contributed by atoms with Gasteiger partial charge < -0.3 is 4.74 Å². The van der Waals surface area contributed by atoms with E-state index in [1.165, 1.54) is 12.1 Å². The van der Waals surface area contributed by atoms with Gasteiger partial charge in [-0.25, -0.2) is 0 Å². The van der Waals surface area contributed by atoms with Crippen LogP contribution in [0.15, 0.2) is 24.3 Å². The lowest BCUT2D eigenvalue weighted by Gasteiger charge is -2.10. The van der Waals surface area contributed by atoms with Gasteiger partial charge in [0.2, 0.25) is 0 Å². The van der Waals surface area contributed by atoms with E-state index in [0.29, 0.717) is 12.0 Å². The summed E-state index contributed by atoms with van der Waals surface area (Å²) in [5.74, 6) is -0.534. The third kappa shape index (κ3) is 4.09. The van der Waals surface area contributed by atoms with Gasteiger partial charge >= 0.3 is 6.36 Å². The molecular formula is C12H13F3O2. The van der Waals surface area contributed by atoms with Crippen LogP contribution < -0.4 is 4.74 Å². The lowest BCUT2D eigenvalue weighted by molar-refractivity contribution is -0.274. The molecule has 0 N–H and O–H groups in total. The molecule has 0 fully saturated rings. The summed E-state index contributed by atoms with van der Waals surface area (Å²) in [6, 6.07) is 4.97. The fourth-order valence-electron chi connectivity index (χ4n) is 1.29. The SMILES string of the molecule is CCC(C)C(=O)c1ccc(OC(F)(F)F)cc1. The van der Waals surface area contributed by atoms with Crippen LogP contribution in [0.25, 0.3) is 0 Å². The van der Waals surface area contributed by atoms with Gasteiger partial charge in [0, 0.05) is 11.5 Å². The molecule has 0 bridgehead atoms. The predicted octanol–water partition coefficient (Wildman–Crippen LogP) is 3.81. The molecule has 0 aromatic heterocycles. The van der Waals surface area contributed by atoms with Crippen molar-refractivity contribution in [2.75, 3.05) is 0 Å². The first-order chi connectivity index (χ1) is 7.83. The van der Waals surface area contributed by atoms with Crippen molar-refractivity contribution >= 4 is 5.78 Å². The number of carbonyl (C=O) groups is 1. The first-order valence-corrected chi connectivity index (χ1v) is 5.23. The summed E-state index contributed by atoms with van der Waals surface area (Å²) in [6.45, 7) is 3.66. The van der Waals surface area contributed by atoms with E-state index in [1.54, 1.807) is 6.92 Å². The second kappa shape index (κ2) is 5.21. The highest BCUT2D eigenvalue weighted by molar-refractivity contribution is 5.97. The number of ketones is 1. The lowest BCUT2D eigenvalue weighted by Crippen LogP contribution is -2.17. The maximum atomic E-state index is 11.9. The topological polar surface area (TPSA) is 26.3 Å². The molecule has 1 aromatic carbocycles. The molecule has 0 amide bonds. The molecule has 1 rings (SSSR count). The van der Waals surface area contributed by atoms with Crippen LogP contribution in [0.5, 0.6) is 5.75 Å². The quantitative estimate of drug-likeness (QED) is 0.755. The number of alkyl halides is 3. The molecule has 1 unspecified atom stereocenters. The first-order valence-electron chi connectivity index (χ1n) is 5.23. The highest BCUT2D eigenvalue weighted by Gasteiger charge is 2.31. The van der Waals surface area contributed by atoms with Crippen molar-refractivity contribution in [2.45, 2.75) is 26.6 Å². The number of Topliss-reactive ketones (excluding diaryl/α,β-unsaturated/α-hetero) is 1. The number of hydrogen-bond acceptors (Lipinski definition) is 2. The van der Waals surface area contributed by atoms with Crippen LogP contribution in [0, 0.1) is 5.92 Å². The largest absolute Gasteiger partial charge is 0.573 e. The van der Waals surface area contributed by atoms with Gasteiger partial charge in [-0.05, 0) is 30.7 Å². The number of hydrogen-bond donors (Lipinski definition) is 0. The molecule has 0 aliphatic rings. The van der Waals surface area contributed by atoms with E-state index in [9.17, 15) is 18.0 Å². The maximum Gasteiger partial charge on any atom is 0.573 e. The second-order valence-electron chi connectivity index (χ2n) is 3.75. The summed E-state index contributed by atoms with van der Waals surface area (Å²) < 4.78 is 39.4. The first kappa shape index (κ1) is 13.5. The fourth-order valence-corrected chi connectivity index (χ4v) is 1.29. The van der Waals surface area contributed by atoms with Crippen molar-refractivity contribution in [3.63, 3.8) is 0 Å². The third-order valence-corrected chi connectivity index (χ3v) is 2.43. The molecule has 0 heterocycles. The van der Waals surface area contributed by atoms with Crippen LogP contribution >= 0.6 is 0 Å². The molecule has 2 nitrogen and oxygen atoms in total. The molecule has 0 saturated heterocycles. The van der Waals surface area contributed by atoms with Crippen molar-refractivity contribution in [2.24, 2.45) is 5.92 Å². The molecule has 17 heavy (non-hydrogen) atoms. The van der Waals surface area contributed by atoms with Gasteiger partial charge in [-0.3, -0.25) is 4.79 Å². The molecule has 0 spiro atoms. The molecule has 0 aliphatic heterocycles. The van der Waals surface area contributed by atoms with Crippen molar-refractivity contribution < 1.29 is 22.7 Å². The van der Waals surface area contributed by atoms with E-state index in [2.05, 4.69) is 4.74 Å². The van der Waals surface area contributed by atoms with Crippen molar-refractivity contribution in [1.29, 1.82) is 0 Å². The second-order valence-corrected chi connectivity index (χ2v) is 3.75. The van der Waals surface area contributed by atoms with Gasteiger partial charge in [0.05, 0.1) is 0 Å². The summed E-state index contributed by atoms with van der Waals surface area (Å²) in [7, 11) is 0. The zero-order chi connectivity index (χ0) is 13.1. The van der Waals surface area contributed by atoms with Crippen LogP contribution in [0.4, 0.5) is 13.2 Å². The van der Waals surface area contributed by atoms with E-state index in [-0.39, 0.29) is 17.5 Å². The monoisotopic (exact) mass is 246 g/mol. The molecule has 94 valence electrons. The van der Waals surface area contributed by atoms with Crippen LogP contribution in [0.3, 0.4) is 0 Å². The molecule has 0 saturated carbocycles. The van der Waals surface area contributed by atoms with E-state index in [0.717, 1.165) is 12.1 Å². The Morgan fingerprint density at radius 2 is 1.82 bits per heavy atom. The normalized spacial score (nSPS) is 13.2. The Kier molecular flexibility index (Phi) is 4.15. The van der Waals surface area contributed by atoms with Gasteiger partial charge in [-0.1, -0.05) is 13.8 Å².